The Morgan fingerprint density at radius 1 is 1.33 bits per heavy atom. The molecule has 1 heterocycles. The number of nitrogens with one attached hydrogen (secondary N) is 2. The third kappa shape index (κ3) is 7.18. The van der Waals surface area contributed by atoms with Crippen molar-refractivity contribution >= 4 is 20.8 Å². The second kappa shape index (κ2) is 9.31. The van der Waals surface area contributed by atoms with Gasteiger partial charge in [0.25, 0.3) is 10.0 Å². The molecule has 1 unspecified atom stereocenters. The SMILES string of the molecule is COCCNCc1ccc(S(=O)(=O)NCCCS(C)=O)o1. The predicted molar refractivity (Wildman–Crippen MR) is 81.0 cm³/mol. The molecule has 0 fully saturated rings. The van der Waals surface area contributed by atoms with Crippen molar-refractivity contribution in [3.63, 3.8) is 0 Å². The summed E-state index contributed by atoms with van der Waals surface area (Å²) in [6, 6.07) is 3.04. The van der Waals surface area contributed by atoms with E-state index >= 15 is 0 Å². The molecule has 9 heteroatoms. The van der Waals surface area contributed by atoms with E-state index in [1.54, 1.807) is 19.4 Å². The number of hydrogen-bond acceptors (Lipinski definition) is 6. The summed E-state index contributed by atoms with van der Waals surface area (Å²) in [7, 11) is -2.95. The summed E-state index contributed by atoms with van der Waals surface area (Å²) in [5.41, 5.74) is 0. The smallest absolute Gasteiger partial charge is 0.273 e. The van der Waals surface area contributed by atoms with Gasteiger partial charge in [0.15, 0.2) is 0 Å². The van der Waals surface area contributed by atoms with E-state index in [1.807, 2.05) is 0 Å². The molecule has 0 aliphatic rings. The molecule has 0 saturated carbocycles. The van der Waals surface area contributed by atoms with Crippen molar-refractivity contribution in [1.82, 2.24) is 10.0 Å². The molecule has 7 nitrogen and oxygen atoms in total. The first-order valence-corrected chi connectivity index (χ1v) is 9.75. The van der Waals surface area contributed by atoms with Gasteiger partial charge in [0.05, 0.1) is 13.2 Å². The molecule has 1 aromatic rings. The molecule has 122 valence electrons. The van der Waals surface area contributed by atoms with Crippen molar-refractivity contribution in [2.24, 2.45) is 0 Å². The van der Waals surface area contributed by atoms with E-state index in [1.165, 1.54) is 6.07 Å². The average Bonchev–Trinajstić information content (AvgIpc) is 2.89. The van der Waals surface area contributed by atoms with Gasteiger partial charge in [-0.3, -0.25) is 4.21 Å². The van der Waals surface area contributed by atoms with Crippen LogP contribution in [0.5, 0.6) is 0 Å². The van der Waals surface area contributed by atoms with Crippen LogP contribution < -0.4 is 10.0 Å². The normalized spacial score (nSPS) is 13.4. The monoisotopic (exact) mass is 338 g/mol. The van der Waals surface area contributed by atoms with E-state index in [4.69, 9.17) is 9.15 Å². The van der Waals surface area contributed by atoms with Crippen LogP contribution in [0, 0.1) is 0 Å². The van der Waals surface area contributed by atoms with E-state index in [9.17, 15) is 12.6 Å². The number of sulfonamides is 1. The van der Waals surface area contributed by atoms with E-state index in [0.717, 1.165) is 0 Å². The van der Waals surface area contributed by atoms with E-state index in [0.29, 0.717) is 37.6 Å². The molecule has 0 spiro atoms. The zero-order valence-corrected chi connectivity index (χ0v) is 13.9. The van der Waals surface area contributed by atoms with Crippen LogP contribution in [0.1, 0.15) is 12.2 Å². The third-order valence-electron chi connectivity index (χ3n) is 2.58. The van der Waals surface area contributed by atoms with Crippen molar-refractivity contribution in [3.8, 4) is 0 Å². The summed E-state index contributed by atoms with van der Waals surface area (Å²) in [6.45, 7) is 1.91. The van der Waals surface area contributed by atoms with E-state index < -0.39 is 20.8 Å². The Kier molecular flexibility index (Phi) is 8.12. The van der Waals surface area contributed by atoms with Crippen molar-refractivity contribution < 1.29 is 21.8 Å². The lowest BCUT2D eigenvalue weighted by Crippen LogP contribution is -2.25. The zero-order chi connectivity index (χ0) is 15.7. The predicted octanol–water partition coefficient (Wildman–Crippen LogP) is 0.0625. The topological polar surface area (TPSA) is 97.6 Å². The highest BCUT2D eigenvalue weighted by Gasteiger charge is 2.18. The Balaban J connectivity index is 2.44. The summed E-state index contributed by atoms with van der Waals surface area (Å²) in [4.78, 5) is 0. The van der Waals surface area contributed by atoms with Crippen LogP contribution in [0.3, 0.4) is 0 Å². The van der Waals surface area contributed by atoms with Crippen LogP contribution in [0.2, 0.25) is 0 Å². The number of ether oxygens (including phenoxy) is 1. The highest BCUT2D eigenvalue weighted by molar-refractivity contribution is 7.89. The summed E-state index contributed by atoms with van der Waals surface area (Å²) in [5.74, 6) is 1.01. The second-order valence-electron chi connectivity index (χ2n) is 4.42. The Morgan fingerprint density at radius 3 is 2.76 bits per heavy atom. The lowest BCUT2D eigenvalue weighted by molar-refractivity contribution is 0.198. The molecular formula is C12H22N2O5S2. The minimum absolute atomic E-state index is 0.108. The quantitative estimate of drug-likeness (QED) is 0.554. The maximum Gasteiger partial charge on any atom is 0.273 e. The first-order chi connectivity index (χ1) is 9.95. The zero-order valence-electron chi connectivity index (χ0n) is 12.3. The summed E-state index contributed by atoms with van der Waals surface area (Å²) >= 11 is 0. The molecule has 0 radical (unpaired) electrons. The molecule has 0 bridgehead atoms. The maximum absolute atomic E-state index is 11.9. The van der Waals surface area contributed by atoms with Gasteiger partial charge in [0.2, 0.25) is 5.09 Å². The van der Waals surface area contributed by atoms with Gasteiger partial charge in [0.1, 0.15) is 5.76 Å². The van der Waals surface area contributed by atoms with Crippen molar-refractivity contribution in [3.05, 3.63) is 17.9 Å². The maximum atomic E-state index is 11.9. The van der Waals surface area contributed by atoms with Gasteiger partial charge in [0, 0.05) is 43.0 Å². The molecule has 1 rings (SSSR count). The molecule has 0 aliphatic heterocycles. The minimum Gasteiger partial charge on any atom is -0.447 e. The second-order valence-corrected chi connectivity index (χ2v) is 7.67. The van der Waals surface area contributed by atoms with Gasteiger partial charge in [-0.25, -0.2) is 13.1 Å². The van der Waals surface area contributed by atoms with Gasteiger partial charge in [-0.15, -0.1) is 0 Å². The van der Waals surface area contributed by atoms with Crippen LogP contribution in [-0.4, -0.2) is 51.4 Å². The largest absolute Gasteiger partial charge is 0.447 e. The molecule has 2 N–H and O–H groups in total. The lowest BCUT2D eigenvalue weighted by Gasteiger charge is -2.04. The minimum atomic E-state index is -3.64. The van der Waals surface area contributed by atoms with Crippen LogP contribution in [0.25, 0.3) is 0 Å². The molecule has 0 aliphatic carbocycles. The number of rotatable bonds is 11. The molecule has 0 saturated heterocycles. The Morgan fingerprint density at radius 2 is 2.10 bits per heavy atom. The van der Waals surface area contributed by atoms with Gasteiger partial charge in [-0.2, -0.15) is 0 Å². The van der Waals surface area contributed by atoms with Gasteiger partial charge >= 0.3 is 0 Å². The molecular weight excluding hydrogens is 316 g/mol. The van der Waals surface area contributed by atoms with Crippen LogP contribution in [0.15, 0.2) is 21.6 Å². The van der Waals surface area contributed by atoms with Gasteiger partial charge in [-0.05, 0) is 18.6 Å². The van der Waals surface area contributed by atoms with E-state index in [2.05, 4.69) is 10.0 Å². The Hall–Kier alpha value is -0.740. The highest BCUT2D eigenvalue weighted by atomic mass is 32.2. The molecule has 1 atom stereocenters. The first-order valence-electron chi connectivity index (χ1n) is 6.54. The molecule has 1 aromatic heterocycles. The fourth-order valence-electron chi connectivity index (χ4n) is 1.54. The van der Waals surface area contributed by atoms with Crippen molar-refractivity contribution in [2.75, 3.05) is 38.8 Å². The van der Waals surface area contributed by atoms with Crippen LogP contribution in [0.4, 0.5) is 0 Å². The third-order valence-corrected chi connectivity index (χ3v) is 4.78. The van der Waals surface area contributed by atoms with Gasteiger partial charge < -0.3 is 14.5 Å². The molecule has 0 amide bonds. The van der Waals surface area contributed by atoms with Crippen LogP contribution >= 0.6 is 0 Å². The summed E-state index contributed by atoms with van der Waals surface area (Å²) in [6.07, 6.45) is 2.11. The number of furan rings is 1. The van der Waals surface area contributed by atoms with Gasteiger partial charge in [-0.1, -0.05) is 0 Å². The first kappa shape index (κ1) is 18.3. The van der Waals surface area contributed by atoms with Crippen LogP contribution in [-0.2, 0) is 32.1 Å². The van der Waals surface area contributed by atoms with Crippen molar-refractivity contribution in [1.29, 1.82) is 0 Å². The number of methoxy groups -OCH3 is 1. The fraction of sp³-hybridized carbons (Fsp3) is 0.667. The summed E-state index contributed by atoms with van der Waals surface area (Å²) in [5, 5.41) is 2.96. The lowest BCUT2D eigenvalue weighted by atomic mass is 10.4. The molecule has 0 aromatic carbocycles. The standard InChI is InChI=1S/C12H22N2O5S2/c1-18-8-7-13-10-11-4-5-12(19-11)21(16,17)14-6-3-9-20(2)15/h4-5,13-14H,3,6-10H2,1-2H3. The Bertz CT molecular complexity index is 542. The van der Waals surface area contributed by atoms with Crippen molar-refractivity contribution in [2.45, 2.75) is 18.1 Å². The number of hydrogen-bond donors (Lipinski definition) is 2. The highest BCUT2D eigenvalue weighted by Crippen LogP contribution is 2.13. The van der Waals surface area contributed by atoms with E-state index in [-0.39, 0.29) is 11.6 Å². The summed E-state index contributed by atoms with van der Waals surface area (Å²) < 4.78 is 47.4. The molecule has 21 heavy (non-hydrogen) atoms. The fourth-order valence-corrected chi connectivity index (χ4v) is 3.11. The Labute approximate surface area is 127 Å². The average molecular weight is 338 g/mol.